The minimum atomic E-state index is -0.100. The molecule has 1 spiro atoms. The van der Waals surface area contributed by atoms with Crippen LogP contribution < -0.4 is 0 Å². The Labute approximate surface area is 248 Å². The average Bonchev–Trinajstić information content (AvgIpc) is 3.83. The molecule has 10 aliphatic rings. The smallest absolute Gasteiger partial charge is 0.309 e. The Balaban J connectivity index is 0.000000154. The van der Waals surface area contributed by atoms with Gasteiger partial charge in [-0.3, -0.25) is 9.59 Å². The molecule has 41 heavy (non-hydrogen) atoms. The second-order valence-electron chi connectivity index (χ2n) is 17.4. The summed E-state index contributed by atoms with van der Waals surface area (Å²) in [7, 11) is 0. The Morgan fingerprint density at radius 3 is 2.05 bits per heavy atom. The van der Waals surface area contributed by atoms with E-state index in [0.29, 0.717) is 30.8 Å². The van der Waals surface area contributed by atoms with Crippen LogP contribution in [0.5, 0.6) is 0 Å². The maximum absolute atomic E-state index is 13.4. The molecule has 9 aliphatic carbocycles. The molecular formula is C37H56O4. The van der Waals surface area contributed by atoms with E-state index in [1.807, 2.05) is 0 Å². The number of carbonyl (C=O) groups is 2. The van der Waals surface area contributed by atoms with Gasteiger partial charge >= 0.3 is 11.9 Å². The van der Waals surface area contributed by atoms with Crippen LogP contribution in [0.15, 0.2) is 0 Å². The molecule has 1 aliphatic heterocycles. The van der Waals surface area contributed by atoms with Crippen molar-refractivity contribution in [1.82, 2.24) is 0 Å². The standard InChI is InChI=1S/C25H38O2.C12H18O2/c1-4-25(27-24(26)20-10-17-9-19(20)14(3)13(17)2)12-18-11-21(25)23-16-7-5-15(6-8-16)22(18)23;1-7-8(2)10-3-9(7)4-12(10)5-11(13)14-6-12/h13-23H,4-12H2,1-3H3;7-10H,3-6H2,1-2H3. The van der Waals surface area contributed by atoms with Gasteiger partial charge in [0, 0.05) is 11.3 Å². The van der Waals surface area contributed by atoms with Crippen molar-refractivity contribution in [3.8, 4) is 0 Å². The molecular weight excluding hydrogens is 508 g/mol. The van der Waals surface area contributed by atoms with E-state index in [-0.39, 0.29) is 28.9 Å². The fourth-order valence-corrected chi connectivity index (χ4v) is 14.2. The number of fused-ring (bicyclic) bond motifs is 9. The van der Waals surface area contributed by atoms with Crippen molar-refractivity contribution in [3.63, 3.8) is 0 Å². The van der Waals surface area contributed by atoms with Crippen LogP contribution in [0.2, 0.25) is 0 Å². The fraction of sp³-hybridized carbons (Fsp3) is 0.946. The molecule has 4 nitrogen and oxygen atoms in total. The van der Waals surface area contributed by atoms with Crippen LogP contribution >= 0.6 is 0 Å². The van der Waals surface area contributed by atoms with Crippen LogP contribution in [0, 0.1) is 94.2 Å². The summed E-state index contributed by atoms with van der Waals surface area (Å²) >= 11 is 0. The summed E-state index contributed by atoms with van der Waals surface area (Å²) in [6.45, 7) is 12.5. The SMILES string of the molecule is CC1C2CC(C1C)C1(COC(=O)C1)C2.CCC1(OC(=O)C2CC3CC2C(C)C3C)CC2CC1C1C3CCC(CC3)C21. The summed E-state index contributed by atoms with van der Waals surface area (Å²) in [5, 5.41) is 0. The van der Waals surface area contributed by atoms with Gasteiger partial charge in [-0.05, 0) is 148 Å². The van der Waals surface area contributed by atoms with E-state index in [0.717, 1.165) is 77.9 Å². The summed E-state index contributed by atoms with van der Waals surface area (Å²) in [6, 6.07) is 0. The molecule has 10 fully saturated rings. The monoisotopic (exact) mass is 564 g/mol. The van der Waals surface area contributed by atoms with Gasteiger partial charge in [0.1, 0.15) is 5.60 Å². The van der Waals surface area contributed by atoms with E-state index in [4.69, 9.17) is 9.47 Å². The molecule has 1 heterocycles. The lowest BCUT2D eigenvalue weighted by atomic mass is 9.52. The van der Waals surface area contributed by atoms with Gasteiger partial charge in [-0.25, -0.2) is 0 Å². The summed E-state index contributed by atoms with van der Waals surface area (Å²) in [6.07, 6.45) is 15.2. The molecule has 15 atom stereocenters. The summed E-state index contributed by atoms with van der Waals surface area (Å²) in [5.74, 6) is 12.0. The predicted octanol–water partition coefficient (Wildman–Crippen LogP) is 7.93. The molecule has 0 amide bonds. The van der Waals surface area contributed by atoms with E-state index in [1.54, 1.807) is 0 Å². The zero-order valence-corrected chi connectivity index (χ0v) is 26.5. The number of carbonyl (C=O) groups excluding carboxylic acids is 2. The number of hydrogen-bond acceptors (Lipinski definition) is 4. The van der Waals surface area contributed by atoms with Crippen molar-refractivity contribution in [2.45, 2.75) is 117 Å². The van der Waals surface area contributed by atoms with Crippen LogP contribution in [0.4, 0.5) is 0 Å². The first kappa shape index (κ1) is 27.5. The topological polar surface area (TPSA) is 52.6 Å². The lowest BCUT2D eigenvalue weighted by Crippen LogP contribution is -2.53. The number of hydrogen-bond donors (Lipinski definition) is 0. The van der Waals surface area contributed by atoms with Crippen molar-refractivity contribution in [3.05, 3.63) is 0 Å². The molecule has 8 bridgehead atoms. The first-order valence-electron chi connectivity index (χ1n) is 18.0. The van der Waals surface area contributed by atoms with Gasteiger partial charge in [0.15, 0.2) is 0 Å². The summed E-state index contributed by atoms with van der Waals surface area (Å²) in [5.41, 5.74) is 0.158. The quantitative estimate of drug-likeness (QED) is 0.327. The highest BCUT2D eigenvalue weighted by Crippen LogP contribution is 2.69. The predicted molar refractivity (Wildman–Crippen MR) is 158 cm³/mol. The third-order valence-corrected chi connectivity index (χ3v) is 16.5. The van der Waals surface area contributed by atoms with E-state index >= 15 is 0 Å². The first-order valence-corrected chi connectivity index (χ1v) is 18.0. The lowest BCUT2D eigenvalue weighted by molar-refractivity contribution is -0.186. The Morgan fingerprint density at radius 1 is 0.780 bits per heavy atom. The molecule has 228 valence electrons. The van der Waals surface area contributed by atoms with Crippen molar-refractivity contribution in [2.24, 2.45) is 94.2 Å². The zero-order chi connectivity index (χ0) is 28.4. The van der Waals surface area contributed by atoms with E-state index in [9.17, 15) is 9.59 Å². The second kappa shape index (κ2) is 9.47. The average molecular weight is 565 g/mol. The van der Waals surface area contributed by atoms with Crippen molar-refractivity contribution >= 4 is 11.9 Å². The minimum absolute atomic E-state index is 0.0393. The van der Waals surface area contributed by atoms with Gasteiger partial charge in [0.05, 0.1) is 18.9 Å². The maximum Gasteiger partial charge on any atom is 0.309 e. The van der Waals surface area contributed by atoms with Crippen LogP contribution in [-0.4, -0.2) is 24.1 Å². The van der Waals surface area contributed by atoms with E-state index in [1.165, 1.54) is 57.8 Å². The summed E-state index contributed by atoms with van der Waals surface area (Å²) < 4.78 is 11.8. The largest absolute Gasteiger partial charge is 0.465 e. The maximum atomic E-state index is 13.4. The highest BCUT2D eigenvalue weighted by atomic mass is 16.6. The molecule has 0 N–H and O–H groups in total. The third-order valence-electron chi connectivity index (χ3n) is 16.5. The normalized spacial score (nSPS) is 58.6. The van der Waals surface area contributed by atoms with Gasteiger partial charge in [-0.1, -0.05) is 34.6 Å². The molecule has 0 aromatic carbocycles. The highest BCUT2D eigenvalue weighted by molar-refractivity contribution is 5.74. The lowest BCUT2D eigenvalue weighted by Gasteiger charge is -2.55. The number of esters is 2. The molecule has 0 aromatic rings. The van der Waals surface area contributed by atoms with Gasteiger partial charge in [0.25, 0.3) is 0 Å². The Kier molecular flexibility index (Phi) is 6.35. The third kappa shape index (κ3) is 3.82. The van der Waals surface area contributed by atoms with Gasteiger partial charge < -0.3 is 9.47 Å². The molecule has 0 radical (unpaired) electrons. The second-order valence-corrected chi connectivity index (χ2v) is 17.4. The Bertz CT molecular complexity index is 1070. The molecule has 10 rings (SSSR count). The Morgan fingerprint density at radius 2 is 1.46 bits per heavy atom. The van der Waals surface area contributed by atoms with Crippen molar-refractivity contribution in [2.75, 3.05) is 6.61 Å². The van der Waals surface area contributed by atoms with Crippen LogP contribution in [0.3, 0.4) is 0 Å². The van der Waals surface area contributed by atoms with Gasteiger partial charge in [-0.15, -0.1) is 0 Å². The van der Waals surface area contributed by atoms with Gasteiger partial charge in [0.2, 0.25) is 0 Å². The van der Waals surface area contributed by atoms with Crippen LogP contribution in [-0.2, 0) is 19.1 Å². The number of cyclic esters (lactones) is 1. The highest BCUT2D eigenvalue weighted by Gasteiger charge is 2.66. The summed E-state index contributed by atoms with van der Waals surface area (Å²) in [4.78, 5) is 24.6. The zero-order valence-electron chi connectivity index (χ0n) is 26.5. The molecule has 0 aromatic heterocycles. The van der Waals surface area contributed by atoms with Gasteiger partial charge in [-0.2, -0.15) is 0 Å². The number of ether oxygens (including phenoxy) is 2. The molecule has 9 saturated carbocycles. The van der Waals surface area contributed by atoms with Crippen LogP contribution in [0.25, 0.3) is 0 Å². The van der Waals surface area contributed by atoms with Crippen molar-refractivity contribution in [1.29, 1.82) is 0 Å². The fourth-order valence-electron chi connectivity index (χ4n) is 14.2. The van der Waals surface area contributed by atoms with Crippen LogP contribution in [0.1, 0.15) is 112 Å². The van der Waals surface area contributed by atoms with Crippen molar-refractivity contribution < 1.29 is 19.1 Å². The molecule has 1 saturated heterocycles. The molecule has 4 heteroatoms. The Hall–Kier alpha value is -1.06. The first-order chi connectivity index (χ1) is 19.6. The molecule has 15 unspecified atom stereocenters. The van der Waals surface area contributed by atoms with E-state index < -0.39 is 0 Å². The van der Waals surface area contributed by atoms with E-state index in [2.05, 4.69) is 34.6 Å². The minimum Gasteiger partial charge on any atom is -0.465 e. The number of rotatable bonds is 3.